The minimum absolute atomic E-state index is 0.0419. The molecular formula is C13H16Cl2N4S. The molecule has 4 nitrogen and oxygen atoms in total. The van der Waals surface area contributed by atoms with Crippen LogP contribution in [0.2, 0.25) is 10.0 Å². The number of nitrogens with zero attached hydrogens (tertiary/aromatic N) is 2. The van der Waals surface area contributed by atoms with Crippen LogP contribution in [0.4, 0.5) is 11.6 Å². The summed E-state index contributed by atoms with van der Waals surface area (Å²) in [6.07, 6.45) is 2.78. The minimum Gasteiger partial charge on any atom is -0.369 e. The predicted octanol–water partition coefficient (Wildman–Crippen LogP) is 4.84. The maximum absolute atomic E-state index is 6.19. The number of thiazole rings is 1. The van der Waals surface area contributed by atoms with Gasteiger partial charge >= 0.3 is 0 Å². The molecule has 0 bridgehead atoms. The van der Waals surface area contributed by atoms with Crippen molar-refractivity contribution in [3.8, 4) is 0 Å². The van der Waals surface area contributed by atoms with Gasteiger partial charge in [0.1, 0.15) is 16.6 Å². The van der Waals surface area contributed by atoms with Crippen molar-refractivity contribution >= 4 is 46.2 Å². The lowest BCUT2D eigenvalue weighted by Gasteiger charge is -2.15. The predicted molar refractivity (Wildman–Crippen MR) is 87.2 cm³/mol. The Labute approximate surface area is 132 Å². The fourth-order valence-electron chi connectivity index (χ4n) is 1.65. The smallest absolute Gasteiger partial charge is 0.147 e. The molecule has 2 N–H and O–H groups in total. The largest absolute Gasteiger partial charge is 0.369 e. The van der Waals surface area contributed by atoms with Crippen LogP contribution in [0.3, 0.4) is 0 Å². The zero-order chi connectivity index (χ0) is 14.5. The first-order valence-corrected chi connectivity index (χ1v) is 8.01. The van der Waals surface area contributed by atoms with E-state index in [0.717, 1.165) is 18.0 Å². The summed E-state index contributed by atoms with van der Waals surface area (Å²) in [7, 11) is 0. The maximum Gasteiger partial charge on any atom is 0.147 e. The molecule has 2 aromatic rings. The van der Waals surface area contributed by atoms with Crippen LogP contribution in [0.1, 0.15) is 31.3 Å². The topological polar surface area (TPSA) is 49.8 Å². The number of halogens is 2. The molecule has 1 atom stereocenters. The highest BCUT2D eigenvalue weighted by Gasteiger charge is 2.13. The summed E-state index contributed by atoms with van der Waals surface area (Å²) >= 11 is 13.9. The van der Waals surface area contributed by atoms with Crippen LogP contribution < -0.4 is 10.6 Å². The molecule has 0 fully saturated rings. The molecule has 0 spiro atoms. The van der Waals surface area contributed by atoms with Crippen molar-refractivity contribution in [2.24, 2.45) is 0 Å². The Morgan fingerprint density at radius 3 is 2.70 bits per heavy atom. The van der Waals surface area contributed by atoms with Crippen molar-refractivity contribution in [2.45, 2.75) is 26.3 Å². The van der Waals surface area contributed by atoms with E-state index in [1.165, 1.54) is 0 Å². The maximum atomic E-state index is 6.19. The van der Waals surface area contributed by atoms with Crippen molar-refractivity contribution in [1.29, 1.82) is 0 Å². The minimum atomic E-state index is 0.0419. The Morgan fingerprint density at radius 2 is 2.05 bits per heavy atom. The molecular weight excluding hydrogens is 315 g/mol. The highest BCUT2D eigenvalue weighted by atomic mass is 35.5. The molecule has 0 aliphatic heterocycles. The second kappa shape index (κ2) is 7.11. The van der Waals surface area contributed by atoms with Gasteiger partial charge in [0, 0.05) is 18.1 Å². The Hall–Kier alpha value is -1.04. The second-order valence-electron chi connectivity index (χ2n) is 4.31. The molecule has 7 heteroatoms. The van der Waals surface area contributed by atoms with Gasteiger partial charge in [-0.25, -0.2) is 9.97 Å². The Balaban J connectivity index is 2.18. The van der Waals surface area contributed by atoms with Crippen LogP contribution in [0, 0.1) is 0 Å². The first-order chi connectivity index (χ1) is 9.61. The van der Waals surface area contributed by atoms with E-state index in [4.69, 9.17) is 23.2 Å². The molecule has 0 aliphatic carbocycles. The lowest BCUT2D eigenvalue weighted by Crippen LogP contribution is -2.10. The molecule has 0 amide bonds. The van der Waals surface area contributed by atoms with E-state index >= 15 is 0 Å². The number of aromatic nitrogens is 2. The summed E-state index contributed by atoms with van der Waals surface area (Å²) in [5.74, 6) is 1.25. The standard InChI is InChI=1S/C13H16Cl2N4S/c1-3-4-16-11-9(14)7-10(15)12(19-11)18-8(2)13-17-5-6-20-13/h5-8H,3-4H2,1-2H3,(H2,16,18,19). The van der Waals surface area contributed by atoms with Crippen molar-refractivity contribution in [3.63, 3.8) is 0 Å². The zero-order valence-corrected chi connectivity index (χ0v) is 13.6. The van der Waals surface area contributed by atoms with Crippen molar-refractivity contribution in [3.05, 3.63) is 32.7 Å². The second-order valence-corrected chi connectivity index (χ2v) is 6.05. The third-order valence-electron chi connectivity index (χ3n) is 2.65. The van der Waals surface area contributed by atoms with Crippen molar-refractivity contribution in [1.82, 2.24) is 9.97 Å². The number of anilines is 2. The number of nitrogens with one attached hydrogen (secondary N) is 2. The molecule has 0 radical (unpaired) electrons. The molecule has 0 saturated heterocycles. The molecule has 2 heterocycles. The van der Waals surface area contributed by atoms with E-state index in [9.17, 15) is 0 Å². The van der Waals surface area contributed by atoms with Crippen LogP contribution >= 0.6 is 34.5 Å². The summed E-state index contributed by atoms with van der Waals surface area (Å²) in [6.45, 7) is 4.92. The average Bonchev–Trinajstić information content (AvgIpc) is 2.94. The first kappa shape index (κ1) is 15.4. The number of hydrogen-bond donors (Lipinski definition) is 2. The van der Waals surface area contributed by atoms with E-state index in [0.29, 0.717) is 21.7 Å². The molecule has 2 aromatic heterocycles. The van der Waals surface area contributed by atoms with Gasteiger partial charge in [0.15, 0.2) is 0 Å². The van der Waals surface area contributed by atoms with Gasteiger partial charge in [-0.1, -0.05) is 30.1 Å². The fourth-order valence-corrected chi connectivity index (χ4v) is 2.78. The van der Waals surface area contributed by atoms with Crippen molar-refractivity contribution < 1.29 is 0 Å². The van der Waals surface area contributed by atoms with Crippen LogP contribution in [0.25, 0.3) is 0 Å². The van der Waals surface area contributed by atoms with E-state index in [1.807, 2.05) is 12.3 Å². The number of rotatable bonds is 6. The van der Waals surface area contributed by atoms with Crippen LogP contribution in [-0.4, -0.2) is 16.5 Å². The van der Waals surface area contributed by atoms with Gasteiger partial charge in [-0.15, -0.1) is 11.3 Å². The van der Waals surface area contributed by atoms with Gasteiger partial charge in [-0.2, -0.15) is 0 Å². The van der Waals surface area contributed by atoms with E-state index in [-0.39, 0.29) is 6.04 Å². The highest BCUT2D eigenvalue weighted by Crippen LogP contribution is 2.31. The summed E-state index contributed by atoms with van der Waals surface area (Å²) in [5, 5.41) is 10.4. The summed E-state index contributed by atoms with van der Waals surface area (Å²) in [5.41, 5.74) is 0. The highest BCUT2D eigenvalue weighted by molar-refractivity contribution is 7.09. The monoisotopic (exact) mass is 330 g/mol. The van der Waals surface area contributed by atoms with Gasteiger partial charge in [-0.05, 0) is 19.4 Å². The number of pyridine rings is 1. The molecule has 1 unspecified atom stereocenters. The van der Waals surface area contributed by atoms with E-state index in [1.54, 1.807) is 23.6 Å². The van der Waals surface area contributed by atoms with Crippen molar-refractivity contribution in [2.75, 3.05) is 17.2 Å². The summed E-state index contributed by atoms with van der Waals surface area (Å²) in [6, 6.07) is 1.74. The van der Waals surface area contributed by atoms with Crippen LogP contribution in [-0.2, 0) is 0 Å². The quantitative estimate of drug-likeness (QED) is 0.795. The normalized spacial score (nSPS) is 12.2. The van der Waals surface area contributed by atoms with E-state index in [2.05, 4.69) is 27.5 Å². The third kappa shape index (κ3) is 3.75. The Kier molecular flexibility index (Phi) is 5.46. The molecule has 2 rings (SSSR count). The molecule has 0 aliphatic rings. The Bertz CT molecular complexity index is 560. The van der Waals surface area contributed by atoms with Crippen LogP contribution in [0.5, 0.6) is 0 Å². The molecule has 108 valence electrons. The SMILES string of the molecule is CCCNc1nc(NC(C)c2nccs2)c(Cl)cc1Cl. The summed E-state index contributed by atoms with van der Waals surface area (Å²) < 4.78 is 0. The Morgan fingerprint density at radius 1 is 1.30 bits per heavy atom. The third-order valence-corrected chi connectivity index (χ3v) is 4.18. The van der Waals surface area contributed by atoms with Gasteiger partial charge in [0.2, 0.25) is 0 Å². The van der Waals surface area contributed by atoms with Gasteiger partial charge in [0.05, 0.1) is 16.1 Å². The van der Waals surface area contributed by atoms with Crippen LogP contribution in [0.15, 0.2) is 17.6 Å². The zero-order valence-electron chi connectivity index (χ0n) is 11.3. The first-order valence-electron chi connectivity index (χ1n) is 6.37. The van der Waals surface area contributed by atoms with Gasteiger partial charge < -0.3 is 10.6 Å². The van der Waals surface area contributed by atoms with Gasteiger partial charge in [0.25, 0.3) is 0 Å². The molecule has 20 heavy (non-hydrogen) atoms. The molecule has 0 aromatic carbocycles. The lowest BCUT2D eigenvalue weighted by molar-refractivity contribution is 0.860. The van der Waals surface area contributed by atoms with Gasteiger partial charge in [-0.3, -0.25) is 0 Å². The lowest BCUT2D eigenvalue weighted by atomic mass is 10.3. The number of hydrogen-bond acceptors (Lipinski definition) is 5. The summed E-state index contributed by atoms with van der Waals surface area (Å²) in [4.78, 5) is 8.72. The fraction of sp³-hybridized carbons (Fsp3) is 0.385. The molecule has 0 saturated carbocycles. The van der Waals surface area contributed by atoms with E-state index < -0.39 is 0 Å². The average molecular weight is 331 g/mol.